The minimum atomic E-state index is 0.0955. The fourth-order valence-electron chi connectivity index (χ4n) is 2.88. The standard InChI is InChI=1S/C15H20N2O2/c1-12-2-4-13(5-3-12)19-8-14(18)17-10-15(11-17)6-7-16-9-15/h2-5,16H,6-11H2,1H3. The van der Waals surface area contributed by atoms with Crippen molar-refractivity contribution in [2.75, 3.05) is 32.8 Å². The SMILES string of the molecule is Cc1ccc(OCC(=O)N2CC3(CCNC3)C2)cc1. The lowest BCUT2D eigenvalue weighted by molar-refractivity contribution is -0.144. The third-order valence-corrected chi connectivity index (χ3v) is 4.12. The summed E-state index contributed by atoms with van der Waals surface area (Å²) >= 11 is 0. The normalized spacial score (nSPS) is 20.4. The van der Waals surface area contributed by atoms with E-state index < -0.39 is 0 Å². The van der Waals surface area contributed by atoms with Gasteiger partial charge in [0.2, 0.25) is 0 Å². The summed E-state index contributed by atoms with van der Waals surface area (Å²) in [5.74, 6) is 0.856. The molecule has 0 aliphatic carbocycles. The molecule has 3 rings (SSSR count). The van der Waals surface area contributed by atoms with Crippen LogP contribution >= 0.6 is 0 Å². The molecule has 1 spiro atoms. The first-order chi connectivity index (χ1) is 9.17. The number of carbonyl (C=O) groups excluding carboxylic acids is 1. The van der Waals surface area contributed by atoms with E-state index in [1.165, 1.54) is 12.0 Å². The lowest BCUT2D eigenvalue weighted by atomic mass is 9.79. The summed E-state index contributed by atoms with van der Waals surface area (Å²) in [6.45, 7) is 6.08. The van der Waals surface area contributed by atoms with Crippen LogP contribution in [-0.2, 0) is 4.79 Å². The number of hydrogen-bond donors (Lipinski definition) is 1. The van der Waals surface area contributed by atoms with Gasteiger partial charge in [-0.3, -0.25) is 4.79 Å². The zero-order chi connectivity index (χ0) is 13.3. The quantitative estimate of drug-likeness (QED) is 0.888. The fraction of sp³-hybridized carbons (Fsp3) is 0.533. The van der Waals surface area contributed by atoms with E-state index in [-0.39, 0.29) is 12.5 Å². The first-order valence-corrected chi connectivity index (χ1v) is 6.85. The third kappa shape index (κ3) is 2.59. The molecule has 4 heteroatoms. The van der Waals surface area contributed by atoms with Gasteiger partial charge in [-0.05, 0) is 32.0 Å². The molecule has 2 aliphatic heterocycles. The maximum absolute atomic E-state index is 12.0. The Hall–Kier alpha value is -1.55. The Morgan fingerprint density at radius 1 is 1.37 bits per heavy atom. The lowest BCUT2D eigenvalue weighted by Crippen LogP contribution is -2.60. The Balaban J connectivity index is 1.46. The second kappa shape index (κ2) is 4.85. The number of nitrogens with zero attached hydrogens (tertiary/aromatic N) is 1. The first kappa shape index (κ1) is 12.5. The molecule has 0 bridgehead atoms. The number of nitrogens with one attached hydrogen (secondary N) is 1. The highest BCUT2D eigenvalue weighted by molar-refractivity contribution is 5.78. The number of ether oxygens (including phenoxy) is 1. The van der Waals surface area contributed by atoms with Crippen LogP contribution in [0.15, 0.2) is 24.3 Å². The van der Waals surface area contributed by atoms with Gasteiger partial charge in [-0.2, -0.15) is 0 Å². The second-order valence-electron chi connectivity index (χ2n) is 5.78. The molecule has 2 heterocycles. The van der Waals surface area contributed by atoms with Gasteiger partial charge >= 0.3 is 0 Å². The minimum absolute atomic E-state index is 0.0955. The summed E-state index contributed by atoms with van der Waals surface area (Å²) in [7, 11) is 0. The van der Waals surface area contributed by atoms with Crippen molar-refractivity contribution >= 4 is 5.91 Å². The highest BCUT2D eigenvalue weighted by atomic mass is 16.5. The molecule has 0 atom stereocenters. The van der Waals surface area contributed by atoms with Gasteiger partial charge in [-0.25, -0.2) is 0 Å². The molecule has 1 amide bonds. The number of amides is 1. The van der Waals surface area contributed by atoms with E-state index in [1.807, 2.05) is 36.1 Å². The van der Waals surface area contributed by atoms with Gasteiger partial charge < -0.3 is 15.0 Å². The summed E-state index contributed by atoms with van der Waals surface area (Å²) in [5.41, 5.74) is 1.55. The zero-order valence-electron chi connectivity index (χ0n) is 11.3. The van der Waals surface area contributed by atoms with E-state index in [1.54, 1.807) is 0 Å². The molecule has 0 unspecified atom stereocenters. The molecule has 102 valence electrons. The Morgan fingerprint density at radius 2 is 2.11 bits per heavy atom. The molecule has 1 aromatic carbocycles. The van der Waals surface area contributed by atoms with Crippen LogP contribution in [0.25, 0.3) is 0 Å². The number of carbonyl (C=O) groups is 1. The lowest BCUT2D eigenvalue weighted by Gasteiger charge is -2.47. The van der Waals surface area contributed by atoms with Gasteiger partial charge in [0.05, 0.1) is 0 Å². The van der Waals surface area contributed by atoms with Gasteiger partial charge in [-0.15, -0.1) is 0 Å². The molecular weight excluding hydrogens is 240 g/mol. The second-order valence-corrected chi connectivity index (χ2v) is 5.78. The van der Waals surface area contributed by atoms with Crippen molar-refractivity contribution < 1.29 is 9.53 Å². The molecule has 4 nitrogen and oxygen atoms in total. The van der Waals surface area contributed by atoms with E-state index in [0.717, 1.165) is 31.9 Å². The predicted molar refractivity (Wildman–Crippen MR) is 73.2 cm³/mol. The zero-order valence-corrected chi connectivity index (χ0v) is 11.3. The maximum Gasteiger partial charge on any atom is 0.260 e. The molecule has 2 saturated heterocycles. The van der Waals surface area contributed by atoms with Crippen molar-refractivity contribution in [2.45, 2.75) is 13.3 Å². The number of hydrogen-bond acceptors (Lipinski definition) is 3. The van der Waals surface area contributed by atoms with Crippen LogP contribution in [0.4, 0.5) is 0 Å². The molecular formula is C15H20N2O2. The topological polar surface area (TPSA) is 41.6 Å². The van der Waals surface area contributed by atoms with Crippen molar-refractivity contribution in [1.82, 2.24) is 10.2 Å². The molecule has 19 heavy (non-hydrogen) atoms. The van der Waals surface area contributed by atoms with Crippen LogP contribution in [0.1, 0.15) is 12.0 Å². The highest BCUT2D eigenvalue weighted by Crippen LogP contribution is 2.35. The van der Waals surface area contributed by atoms with Crippen LogP contribution < -0.4 is 10.1 Å². The van der Waals surface area contributed by atoms with E-state index >= 15 is 0 Å². The van der Waals surface area contributed by atoms with Gasteiger partial charge in [-0.1, -0.05) is 17.7 Å². The maximum atomic E-state index is 12.0. The molecule has 2 aliphatic rings. The predicted octanol–water partition coefficient (Wildman–Crippen LogP) is 1.20. The van der Waals surface area contributed by atoms with E-state index in [0.29, 0.717) is 5.41 Å². The average molecular weight is 260 g/mol. The number of rotatable bonds is 3. The van der Waals surface area contributed by atoms with E-state index in [2.05, 4.69) is 5.32 Å². The molecule has 0 radical (unpaired) electrons. The van der Waals surface area contributed by atoms with Crippen LogP contribution in [0.3, 0.4) is 0 Å². The van der Waals surface area contributed by atoms with Crippen LogP contribution in [0, 0.1) is 12.3 Å². The number of benzene rings is 1. The Bertz CT molecular complexity index is 456. The van der Waals surface area contributed by atoms with Gasteiger partial charge in [0.1, 0.15) is 5.75 Å². The van der Waals surface area contributed by atoms with Crippen LogP contribution in [-0.4, -0.2) is 43.6 Å². The van der Waals surface area contributed by atoms with Crippen molar-refractivity contribution in [3.05, 3.63) is 29.8 Å². The molecule has 2 fully saturated rings. The van der Waals surface area contributed by atoms with Crippen molar-refractivity contribution in [3.63, 3.8) is 0 Å². The molecule has 1 aromatic rings. The summed E-state index contributed by atoms with van der Waals surface area (Å²) in [4.78, 5) is 13.9. The largest absolute Gasteiger partial charge is 0.484 e. The minimum Gasteiger partial charge on any atom is -0.484 e. The summed E-state index contributed by atoms with van der Waals surface area (Å²) in [5, 5.41) is 3.37. The van der Waals surface area contributed by atoms with Crippen LogP contribution in [0.2, 0.25) is 0 Å². The number of aryl methyl sites for hydroxylation is 1. The van der Waals surface area contributed by atoms with Crippen LogP contribution in [0.5, 0.6) is 5.75 Å². The summed E-state index contributed by atoms with van der Waals surface area (Å²) < 4.78 is 5.52. The molecule has 0 saturated carbocycles. The van der Waals surface area contributed by atoms with Crippen molar-refractivity contribution in [1.29, 1.82) is 0 Å². The highest BCUT2D eigenvalue weighted by Gasteiger charge is 2.46. The third-order valence-electron chi connectivity index (χ3n) is 4.12. The Morgan fingerprint density at radius 3 is 2.74 bits per heavy atom. The van der Waals surface area contributed by atoms with E-state index in [9.17, 15) is 4.79 Å². The van der Waals surface area contributed by atoms with Gasteiger partial charge in [0, 0.05) is 25.0 Å². The Labute approximate surface area is 113 Å². The summed E-state index contributed by atoms with van der Waals surface area (Å²) in [6, 6.07) is 7.79. The molecule has 0 aromatic heterocycles. The molecule has 1 N–H and O–H groups in total. The smallest absolute Gasteiger partial charge is 0.260 e. The van der Waals surface area contributed by atoms with Crippen molar-refractivity contribution in [3.8, 4) is 5.75 Å². The monoisotopic (exact) mass is 260 g/mol. The van der Waals surface area contributed by atoms with Crippen molar-refractivity contribution in [2.24, 2.45) is 5.41 Å². The fourth-order valence-corrected chi connectivity index (χ4v) is 2.88. The van der Waals surface area contributed by atoms with Gasteiger partial charge in [0.15, 0.2) is 6.61 Å². The Kier molecular flexibility index (Phi) is 3.19. The summed E-state index contributed by atoms with van der Waals surface area (Å²) in [6.07, 6.45) is 1.19. The first-order valence-electron chi connectivity index (χ1n) is 6.85. The average Bonchev–Trinajstić information content (AvgIpc) is 2.85. The van der Waals surface area contributed by atoms with E-state index in [4.69, 9.17) is 4.74 Å². The van der Waals surface area contributed by atoms with Gasteiger partial charge in [0.25, 0.3) is 5.91 Å². The number of likely N-dealkylation sites (tertiary alicyclic amines) is 1.